The van der Waals surface area contributed by atoms with E-state index in [0.717, 1.165) is 18.1 Å². The van der Waals surface area contributed by atoms with E-state index in [4.69, 9.17) is 0 Å². The molecule has 0 saturated heterocycles. The molecule has 0 aliphatic carbocycles. The Morgan fingerprint density at radius 3 is 2.20 bits per heavy atom. The third kappa shape index (κ3) is 3.64. The Kier molecular flexibility index (Phi) is 4.85. The van der Waals surface area contributed by atoms with Gasteiger partial charge in [-0.15, -0.1) is 0 Å². The number of nitrogens with one attached hydrogen (secondary N) is 1. The van der Waals surface area contributed by atoms with Crippen LogP contribution in [0, 0.1) is 11.6 Å². The minimum absolute atomic E-state index is 0.161. The third-order valence-electron chi connectivity index (χ3n) is 3.48. The summed E-state index contributed by atoms with van der Waals surface area (Å²) in [5, 5.41) is 3.31. The first-order chi connectivity index (χ1) is 9.60. The molecule has 1 atom stereocenters. The van der Waals surface area contributed by atoms with Crippen molar-refractivity contribution in [1.29, 1.82) is 0 Å². The first kappa shape index (κ1) is 14.7. The van der Waals surface area contributed by atoms with Crippen molar-refractivity contribution < 1.29 is 8.78 Å². The maximum Gasteiger partial charge on any atom is 0.159 e. The van der Waals surface area contributed by atoms with Crippen molar-refractivity contribution >= 4 is 0 Å². The van der Waals surface area contributed by atoms with Crippen molar-refractivity contribution in [2.75, 3.05) is 0 Å². The van der Waals surface area contributed by atoms with Crippen molar-refractivity contribution in [3.05, 3.63) is 70.8 Å². The predicted molar refractivity (Wildman–Crippen MR) is 77.4 cm³/mol. The highest BCUT2D eigenvalue weighted by atomic mass is 19.2. The smallest absolute Gasteiger partial charge is 0.159 e. The Bertz CT molecular complexity index is 564. The Labute approximate surface area is 118 Å². The molecular formula is C17H19F2N. The molecule has 20 heavy (non-hydrogen) atoms. The van der Waals surface area contributed by atoms with E-state index >= 15 is 0 Å². The van der Waals surface area contributed by atoms with Crippen LogP contribution in [0.4, 0.5) is 8.78 Å². The second-order valence-electron chi connectivity index (χ2n) is 4.95. The number of benzene rings is 2. The van der Waals surface area contributed by atoms with Gasteiger partial charge >= 0.3 is 0 Å². The van der Waals surface area contributed by atoms with Crippen LogP contribution in [-0.4, -0.2) is 0 Å². The van der Waals surface area contributed by atoms with Gasteiger partial charge < -0.3 is 5.32 Å². The highest BCUT2D eigenvalue weighted by Crippen LogP contribution is 2.15. The summed E-state index contributed by atoms with van der Waals surface area (Å²) >= 11 is 0. The van der Waals surface area contributed by atoms with Crippen molar-refractivity contribution in [3.8, 4) is 0 Å². The first-order valence-electron chi connectivity index (χ1n) is 6.86. The van der Waals surface area contributed by atoms with Crippen LogP contribution < -0.4 is 5.32 Å². The maximum absolute atomic E-state index is 13.1. The average Bonchev–Trinajstić information content (AvgIpc) is 2.48. The molecule has 2 rings (SSSR count). The fourth-order valence-electron chi connectivity index (χ4n) is 2.08. The summed E-state index contributed by atoms with van der Waals surface area (Å²) in [5.41, 5.74) is 3.23. The van der Waals surface area contributed by atoms with Crippen LogP contribution in [0.2, 0.25) is 0 Å². The first-order valence-corrected chi connectivity index (χ1v) is 6.86. The highest BCUT2D eigenvalue weighted by Gasteiger charge is 2.06. The molecule has 0 saturated carbocycles. The Balaban J connectivity index is 1.96. The van der Waals surface area contributed by atoms with Gasteiger partial charge in [0.1, 0.15) is 0 Å². The van der Waals surface area contributed by atoms with Gasteiger partial charge in [-0.3, -0.25) is 0 Å². The summed E-state index contributed by atoms with van der Waals surface area (Å²) < 4.78 is 25.9. The van der Waals surface area contributed by atoms with Crippen LogP contribution in [0.5, 0.6) is 0 Å². The lowest BCUT2D eigenvalue weighted by Gasteiger charge is -2.15. The quantitative estimate of drug-likeness (QED) is 0.854. The molecule has 106 valence electrons. The van der Waals surface area contributed by atoms with E-state index < -0.39 is 11.6 Å². The molecule has 0 spiro atoms. The van der Waals surface area contributed by atoms with Crippen LogP contribution in [0.25, 0.3) is 0 Å². The molecule has 1 N–H and O–H groups in total. The molecule has 2 aromatic carbocycles. The van der Waals surface area contributed by atoms with E-state index in [1.54, 1.807) is 6.07 Å². The normalized spacial score (nSPS) is 12.4. The second kappa shape index (κ2) is 6.62. The van der Waals surface area contributed by atoms with Gasteiger partial charge in [0.05, 0.1) is 0 Å². The van der Waals surface area contributed by atoms with Gasteiger partial charge in [-0.1, -0.05) is 37.3 Å². The molecule has 0 heterocycles. The second-order valence-corrected chi connectivity index (χ2v) is 4.95. The van der Waals surface area contributed by atoms with Gasteiger partial charge in [-0.25, -0.2) is 8.78 Å². The minimum Gasteiger partial charge on any atom is -0.306 e. The SMILES string of the molecule is CCc1ccc(C(C)NCc2ccc(F)c(F)c2)cc1. The molecule has 3 heteroatoms. The summed E-state index contributed by atoms with van der Waals surface area (Å²) in [6.45, 7) is 4.69. The average molecular weight is 275 g/mol. The van der Waals surface area contributed by atoms with Crippen molar-refractivity contribution in [1.82, 2.24) is 5.32 Å². The van der Waals surface area contributed by atoms with E-state index in [9.17, 15) is 8.78 Å². The van der Waals surface area contributed by atoms with Crippen molar-refractivity contribution in [2.24, 2.45) is 0 Å². The fourth-order valence-corrected chi connectivity index (χ4v) is 2.08. The summed E-state index contributed by atoms with van der Waals surface area (Å²) in [5.74, 6) is -1.61. The zero-order valence-corrected chi connectivity index (χ0v) is 11.8. The van der Waals surface area contributed by atoms with Crippen molar-refractivity contribution in [3.63, 3.8) is 0 Å². The van der Waals surface area contributed by atoms with E-state index in [2.05, 4.69) is 43.4 Å². The molecule has 0 aromatic heterocycles. The number of rotatable bonds is 5. The van der Waals surface area contributed by atoms with Gasteiger partial charge in [-0.2, -0.15) is 0 Å². The molecule has 0 aliphatic heterocycles. The van der Waals surface area contributed by atoms with E-state index in [0.29, 0.717) is 6.54 Å². The summed E-state index contributed by atoms with van der Waals surface area (Å²) in [6, 6.07) is 12.6. The monoisotopic (exact) mass is 275 g/mol. The fraction of sp³-hybridized carbons (Fsp3) is 0.294. The molecule has 0 fully saturated rings. The highest BCUT2D eigenvalue weighted by molar-refractivity contribution is 5.25. The predicted octanol–water partition coefficient (Wildman–Crippen LogP) is 4.38. The third-order valence-corrected chi connectivity index (χ3v) is 3.48. The Morgan fingerprint density at radius 2 is 1.60 bits per heavy atom. The van der Waals surface area contributed by atoms with Crippen molar-refractivity contribution in [2.45, 2.75) is 32.9 Å². The molecule has 1 nitrogen and oxygen atoms in total. The standard InChI is InChI=1S/C17H19F2N/c1-3-13-4-7-15(8-5-13)12(2)20-11-14-6-9-16(18)17(19)10-14/h4-10,12,20H,3,11H2,1-2H3. The number of hydrogen-bond acceptors (Lipinski definition) is 1. The molecule has 0 amide bonds. The van der Waals surface area contributed by atoms with Crippen LogP contribution in [0.15, 0.2) is 42.5 Å². The van der Waals surface area contributed by atoms with Crippen LogP contribution in [0.1, 0.15) is 36.6 Å². The number of hydrogen-bond donors (Lipinski definition) is 1. The lowest BCUT2D eigenvalue weighted by atomic mass is 10.0. The number of halogens is 2. The number of aryl methyl sites for hydroxylation is 1. The van der Waals surface area contributed by atoms with E-state index in [1.165, 1.54) is 17.2 Å². The van der Waals surface area contributed by atoms with Gasteiger partial charge in [0.15, 0.2) is 11.6 Å². The Morgan fingerprint density at radius 1 is 0.950 bits per heavy atom. The van der Waals surface area contributed by atoms with Crippen LogP contribution in [0.3, 0.4) is 0 Å². The summed E-state index contributed by atoms with van der Waals surface area (Å²) in [4.78, 5) is 0. The molecule has 0 aliphatic rings. The van der Waals surface area contributed by atoms with Gasteiger partial charge in [0.2, 0.25) is 0 Å². The van der Waals surface area contributed by atoms with Gasteiger partial charge in [0.25, 0.3) is 0 Å². The van der Waals surface area contributed by atoms with E-state index in [-0.39, 0.29) is 6.04 Å². The Hall–Kier alpha value is -1.74. The molecule has 0 radical (unpaired) electrons. The molecular weight excluding hydrogens is 256 g/mol. The molecule has 1 unspecified atom stereocenters. The maximum atomic E-state index is 13.1. The minimum atomic E-state index is -0.808. The topological polar surface area (TPSA) is 12.0 Å². The largest absolute Gasteiger partial charge is 0.306 e. The lowest BCUT2D eigenvalue weighted by molar-refractivity contribution is 0.504. The summed E-state index contributed by atoms with van der Waals surface area (Å²) in [6.07, 6.45) is 1.02. The zero-order chi connectivity index (χ0) is 14.5. The molecule has 2 aromatic rings. The van der Waals surface area contributed by atoms with E-state index in [1.807, 2.05) is 0 Å². The zero-order valence-electron chi connectivity index (χ0n) is 11.8. The molecule has 0 bridgehead atoms. The summed E-state index contributed by atoms with van der Waals surface area (Å²) in [7, 11) is 0. The lowest BCUT2D eigenvalue weighted by Crippen LogP contribution is -2.18. The van der Waals surface area contributed by atoms with Gasteiger partial charge in [0, 0.05) is 12.6 Å². The van der Waals surface area contributed by atoms with Gasteiger partial charge in [-0.05, 0) is 42.2 Å². The van der Waals surface area contributed by atoms with Crippen LogP contribution >= 0.6 is 0 Å². The van der Waals surface area contributed by atoms with Crippen LogP contribution in [-0.2, 0) is 13.0 Å².